The van der Waals surface area contributed by atoms with Crippen LogP contribution in [0.3, 0.4) is 0 Å². The van der Waals surface area contributed by atoms with Crippen LogP contribution in [-0.2, 0) is 0 Å². The van der Waals surface area contributed by atoms with E-state index in [-0.39, 0.29) is 5.69 Å². The highest BCUT2D eigenvalue weighted by atomic mass is 16.5. The van der Waals surface area contributed by atoms with Gasteiger partial charge < -0.3 is 9.63 Å². The molecule has 0 radical (unpaired) electrons. The highest BCUT2D eigenvalue weighted by Gasteiger charge is 2.11. The zero-order chi connectivity index (χ0) is 12.7. The summed E-state index contributed by atoms with van der Waals surface area (Å²) in [5.74, 6) is -0.724. The van der Waals surface area contributed by atoms with E-state index in [9.17, 15) is 4.79 Å². The van der Waals surface area contributed by atoms with Crippen LogP contribution >= 0.6 is 0 Å². The van der Waals surface area contributed by atoms with Crippen LogP contribution in [0.2, 0.25) is 0 Å². The second-order valence-electron chi connectivity index (χ2n) is 3.12. The van der Waals surface area contributed by atoms with Gasteiger partial charge in [-0.25, -0.2) is 4.79 Å². The van der Waals surface area contributed by atoms with Gasteiger partial charge in [0, 0.05) is 11.6 Å². The normalized spacial score (nSPS) is 12.4. The molecule has 0 aliphatic rings. The summed E-state index contributed by atoms with van der Waals surface area (Å²) in [7, 11) is 0. The quantitative estimate of drug-likeness (QED) is 0.791. The largest absolute Gasteiger partial charge is 0.476 e. The first-order valence-corrected chi connectivity index (χ1v) is 5.01. The van der Waals surface area contributed by atoms with Crippen molar-refractivity contribution in [3.63, 3.8) is 0 Å². The maximum atomic E-state index is 10.7. The van der Waals surface area contributed by atoms with Gasteiger partial charge in [-0.3, -0.25) is 0 Å². The van der Waals surface area contributed by atoms with Gasteiger partial charge in [0.1, 0.15) is 0 Å². The first-order valence-electron chi connectivity index (χ1n) is 5.01. The molecule has 0 bridgehead atoms. The van der Waals surface area contributed by atoms with Crippen LogP contribution in [0, 0.1) is 0 Å². The van der Waals surface area contributed by atoms with Gasteiger partial charge in [-0.05, 0) is 6.92 Å². The maximum absolute atomic E-state index is 10.7. The number of rotatable bonds is 5. The van der Waals surface area contributed by atoms with Crippen LogP contribution in [0.4, 0.5) is 0 Å². The van der Waals surface area contributed by atoms with Crippen molar-refractivity contribution in [2.75, 3.05) is 0 Å². The standard InChI is InChI=1S/C13H13NO3/c1-3-5-6-8-10(7-4-2)12-9-11(13(15)16)14-17-12/h3-9H,2H2,1H3,(H,15,16)/b5-3-,8-6-,10-7+. The lowest BCUT2D eigenvalue weighted by atomic mass is 10.1. The van der Waals surface area contributed by atoms with Crippen LogP contribution in [0.1, 0.15) is 23.2 Å². The number of carboxylic acids is 1. The van der Waals surface area contributed by atoms with E-state index in [1.54, 1.807) is 18.2 Å². The Morgan fingerprint density at radius 2 is 2.29 bits per heavy atom. The molecule has 1 aromatic heterocycles. The van der Waals surface area contributed by atoms with Crippen molar-refractivity contribution in [1.82, 2.24) is 5.16 Å². The van der Waals surface area contributed by atoms with Crippen LogP contribution in [0.25, 0.3) is 5.57 Å². The molecule has 1 N–H and O–H groups in total. The Hall–Kier alpha value is -2.36. The predicted octanol–water partition coefficient (Wildman–Crippen LogP) is 3.07. The molecule has 0 fully saturated rings. The van der Waals surface area contributed by atoms with Gasteiger partial charge in [0.05, 0.1) is 0 Å². The number of hydrogen-bond donors (Lipinski definition) is 1. The van der Waals surface area contributed by atoms with Gasteiger partial charge >= 0.3 is 5.97 Å². The Morgan fingerprint density at radius 3 is 2.82 bits per heavy atom. The van der Waals surface area contributed by atoms with Crippen molar-refractivity contribution in [3.05, 3.63) is 60.6 Å². The number of nitrogens with zero attached hydrogens (tertiary/aromatic N) is 1. The van der Waals surface area contributed by atoms with Gasteiger partial charge in [0.2, 0.25) is 0 Å². The number of allylic oxidation sites excluding steroid dienone is 7. The first kappa shape index (κ1) is 12.7. The number of carbonyl (C=O) groups is 1. The first-order chi connectivity index (χ1) is 8.19. The van der Waals surface area contributed by atoms with E-state index in [0.29, 0.717) is 11.3 Å². The summed E-state index contributed by atoms with van der Waals surface area (Å²) >= 11 is 0. The van der Waals surface area contributed by atoms with Crippen molar-refractivity contribution >= 4 is 11.5 Å². The minimum absolute atomic E-state index is 0.116. The molecular formula is C13H13NO3. The van der Waals surface area contributed by atoms with Crippen molar-refractivity contribution in [2.24, 2.45) is 0 Å². The van der Waals surface area contributed by atoms with Gasteiger partial charge in [-0.1, -0.05) is 48.2 Å². The molecule has 0 spiro atoms. The number of hydrogen-bond acceptors (Lipinski definition) is 3. The Labute approximate surface area is 99.2 Å². The van der Waals surface area contributed by atoms with E-state index in [1.165, 1.54) is 6.07 Å². The van der Waals surface area contributed by atoms with Crippen molar-refractivity contribution in [3.8, 4) is 0 Å². The zero-order valence-corrected chi connectivity index (χ0v) is 9.46. The second kappa shape index (κ2) is 6.27. The molecule has 1 rings (SSSR count). The fraction of sp³-hybridized carbons (Fsp3) is 0.0769. The van der Waals surface area contributed by atoms with E-state index in [1.807, 2.05) is 25.2 Å². The van der Waals surface area contributed by atoms with Crippen molar-refractivity contribution in [1.29, 1.82) is 0 Å². The summed E-state index contributed by atoms with van der Waals surface area (Å²) in [4.78, 5) is 10.7. The third kappa shape index (κ3) is 3.61. The number of aromatic carboxylic acids is 1. The van der Waals surface area contributed by atoms with Gasteiger partial charge in [-0.15, -0.1) is 0 Å². The van der Waals surface area contributed by atoms with Crippen LogP contribution in [0.15, 0.2) is 53.6 Å². The molecule has 0 saturated carbocycles. The third-order valence-electron chi connectivity index (χ3n) is 1.89. The summed E-state index contributed by atoms with van der Waals surface area (Å²) < 4.78 is 4.95. The molecule has 88 valence electrons. The van der Waals surface area contributed by atoms with Crippen LogP contribution < -0.4 is 0 Å². The van der Waals surface area contributed by atoms with E-state index in [4.69, 9.17) is 9.63 Å². The topological polar surface area (TPSA) is 63.3 Å². The minimum atomic E-state index is -1.12. The van der Waals surface area contributed by atoms with E-state index >= 15 is 0 Å². The minimum Gasteiger partial charge on any atom is -0.476 e. The lowest BCUT2D eigenvalue weighted by Gasteiger charge is -1.92. The lowest BCUT2D eigenvalue weighted by Crippen LogP contribution is -1.94. The fourth-order valence-electron chi connectivity index (χ4n) is 1.13. The number of aromatic nitrogens is 1. The highest BCUT2D eigenvalue weighted by molar-refractivity contribution is 5.86. The number of carboxylic acid groups (broad SMARTS) is 1. The summed E-state index contributed by atoms with van der Waals surface area (Å²) in [5.41, 5.74) is 0.590. The zero-order valence-electron chi connectivity index (χ0n) is 9.46. The van der Waals surface area contributed by atoms with E-state index < -0.39 is 5.97 Å². The summed E-state index contributed by atoms with van der Waals surface area (Å²) in [6, 6.07) is 1.37. The van der Waals surface area contributed by atoms with Crippen LogP contribution in [-0.4, -0.2) is 16.2 Å². The predicted molar refractivity (Wildman–Crippen MR) is 65.6 cm³/mol. The van der Waals surface area contributed by atoms with Crippen molar-refractivity contribution < 1.29 is 14.4 Å². The van der Waals surface area contributed by atoms with Gasteiger partial charge in [-0.2, -0.15) is 0 Å². The fourth-order valence-corrected chi connectivity index (χ4v) is 1.13. The molecule has 0 aliphatic heterocycles. The SMILES string of the molecule is C=C\C=C(/C=C\C=C/C)c1cc(C(=O)O)no1. The molecule has 0 atom stereocenters. The summed E-state index contributed by atoms with van der Waals surface area (Å²) in [5, 5.41) is 12.2. The molecule has 0 aliphatic carbocycles. The Bertz CT molecular complexity index is 493. The van der Waals surface area contributed by atoms with E-state index in [2.05, 4.69) is 11.7 Å². The van der Waals surface area contributed by atoms with Crippen LogP contribution in [0.5, 0.6) is 0 Å². The van der Waals surface area contributed by atoms with E-state index in [0.717, 1.165) is 0 Å². The maximum Gasteiger partial charge on any atom is 0.358 e. The monoisotopic (exact) mass is 231 g/mol. The average molecular weight is 231 g/mol. The Balaban J connectivity index is 3.02. The van der Waals surface area contributed by atoms with Crippen molar-refractivity contribution in [2.45, 2.75) is 6.92 Å². The summed E-state index contributed by atoms with van der Waals surface area (Å²) in [6.45, 7) is 5.49. The molecule has 0 saturated heterocycles. The average Bonchev–Trinajstić information content (AvgIpc) is 2.77. The highest BCUT2D eigenvalue weighted by Crippen LogP contribution is 2.17. The second-order valence-corrected chi connectivity index (χ2v) is 3.12. The molecule has 0 unspecified atom stereocenters. The van der Waals surface area contributed by atoms with Gasteiger partial charge in [0.25, 0.3) is 0 Å². The molecular weight excluding hydrogens is 218 g/mol. The lowest BCUT2D eigenvalue weighted by molar-refractivity contribution is 0.0685. The molecule has 1 heterocycles. The molecule has 4 nitrogen and oxygen atoms in total. The Morgan fingerprint density at radius 1 is 1.53 bits per heavy atom. The molecule has 4 heteroatoms. The molecule has 1 aromatic rings. The Kier molecular flexibility index (Phi) is 4.69. The molecule has 0 aromatic carbocycles. The summed E-state index contributed by atoms with van der Waals surface area (Å²) in [6.07, 6.45) is 10.6. The smallest absolute Gasteiger partial charge is 0.358 e. The molecule has 0 amide bonds. The third-order valence-corrected chi connectivity index (χ3v) is 1.89. The van der Waals surface area contributed by atoms with Gasteiger partial charge in [0.15, 0.2) is 11.5 Å². The molecule has 17 heavy (non-hydrogen) atoms.